The summed E-state index contributed by atoms with van der Waals surface area (Å²) in [6.45, 7) is 0.883. The highest BCUT2D eigenvalue weighted by molar-refractivity contribution is 8.02. The lowest BCUT2D eigenvalue weighted by atomic mass is 9.71. The molecule has 3 aliphatic rings. The van der Waals surface area contributed by atoms with E-state index in [0.29, 0.717) is 25.9 Å². The third kappa shape index (κ3) is 3.39. The van der Waals surface area contributed by atoms with Gasteiger partial charge in [-0.15, -0.1) is 11.8 Å². The maximum Gasteiger partial charge on any atom is 0.244 e. The Morgan fingerprint density at radius 2 is 2.00 bits per heavy atom. The van der Waals surface area contributed by atoms with E-state index in [2.05, 4.69) is 10.6 Å². The monoisotopic (exact) mass is 431 g/mol. The number of unbranched alkanes of at least 4 members (excludes halogenated alkanes) is 1. The number of aliphatic hydroxyl groups is 1. The Balaban J connectivity index is 1.60. The average Bonchev–Trinajstić information content (AvgIpc) is 3.40. The number of fused-ring (bicyclic) bond motifs is 1. The Bertz CT molecular complexity index is 820. The number of likely N-dealkylation sites (tertiary alicyclic amines) is 1. The summed E-state index contributed by atoms with van der Waals surface area (Å²) in [6.07, 6.45) is 2.83. The molecule has 30 heavy (non-hydrogen) atoms. The molecule has 3 amide bonds. The van der Waals surface area contributed by atoms with Gasteiger partial charge in [-0.2, -0.15) is 0 Å². The molecule has 1 aromatic rings. The molecule has 3 fully saturated rings. The van der Waals surface area contributed by atoms with Crippen molar-refractivity contribution in [1.82, 2.24) is 15.5 Å². The molecule has 3 aliphatic heterocycles. The standard InChI is InChI=1S/C22H29N3O4S/c1-23-19(27)16-15-9-10-22(30-15)17(16)21(29)25(11-5-6-12-26)18(22)20(28)24-13-14-7-3-2-4-8-14/h2-4,7-8,15-18,26H,5-6,9-13H2,1H3,(H,23,27)(H,24,28)/t15-,16+,17+,18?,22?/m1/s1. The highest BCUT2D eigenvalue weighted by atomic mass is 32.2. The quantitative estimate of drug-likeness (QED) is 0.532. The first-order valence-electron chi connectivity index (χ1n) is 10.7. The van der Waals surface area contributed by atoms with E-state index in [9.17, 15) is 14.4 Å². The van der Waals surface area contributed by atoms with Gasteiger partial charge >= 0.3 is 0 Å². The van der Waals surface area contributed by atoms with E-state index in [4.69, 9.17) is 5.11 Å². The topological polar surface area (TPSA) is 98.7 Å². The number of nitrogens with zero attached hydrogens (tertiary/aromatic N) is 1. The van der Waals surface area contributed by atoms with Crippen LogP contribution in [0.4, 0.5) is 0 Å². The molecule has 1 aromatic carbocycles. The van der Waals surface area contributed by atoms with Crippen molar-refractivity contribution in [3.63, 3.8) is 0 Å². The highest BCUT2D eigenvalue weighted by Crippen LogP contribution is 2.66. The molecular weight excluding hydrogens is 402 g/mol. The van der Waals surface area contributed by atoms with Crippen LogP contribution in [0.15, 0.2) is 30.3 Å². The minimum Gasteiger partial charge on any atom is -0.396 e. The van der Waals surface area contributed by atoms with Crippen LogP contribution in [-0.4, -0.2) is 64.0 Å². The van der Waals surface area contributed by atoms with Gasteiger partial charge < -0.3 is 20.6 Å². The van der Waals surface area contributed by atoms with Gasteiger partial charge in [-0.3, -0.25) is 14.4 Å². The third-order valence-corrected chi connectivity index (χ3v) is 8.67. The fourth-order valence-corrected chi connectivity index (χ4v) is 7.66. The molecule has 162 valence electrons. The van der Waals surface area contributed by atoms with Crippen molar-refractivity contribution in [3.05, 3.63) is 35.9 Å². The smallest absolute Gasteiger partial charge is 0.244 e. The number of aliphatic hydroxyl groups excluding tert-OH is 1. The van der Waals surface area contributed by atoms with Crippen molar-refractivity contribution in [2.24, 2.45) is 11.8 Å². The Morgan fingerprint density at radius 3 is 2.70 bits per heavy atom. The average molecular weight is 432 g/mol. The Labute approximate surface area is 181 Å². The predicted molar refractivity (Wildman–Crippen MR) is 115 cm³/mol. The number of rotatable bonds is 8. The maximum absolute atomic E-state index is 13.5. The fourth-order valence-electron chi connectivity index (χ4n) is 5.44. The molecule has 0 aliphatic carbocycles. The second kappa shape index (κ2) is 8.59. The van der Waals surface area contributed by atoms with Gasteiger partial charge in [0.05, 0.1) is 16.6 Å². The molecule has 2 bridgehead atoms. The molecule has 2 unspecified atom stereocenters. The van der Waals surface area contributed by atoms with Crippen LogP contribution in [0.5, 0.6) is 0 Å². The molecule has 4 rings (SSSR count). The zero-order valence-corrected chi connectivity index (χ0v) is 18.0. The largest absolute Gasteiger partial charge is 0.396 e. The lowest BCUT2D eigenvalue weighted by Gasteiger charge is -2.34. The number of amides is 3. The van der Waals surface area contributed by atoms with Gasteiger partial charge in [0.15, 0.2) is 0 Å². The molecule has 3 saturated heterocycles. The molecule has 3 heterocycles. The van der Waals surface area contributed by atoms with Crippen LogP contribution in [0.2, 0.25) is 0 Å². The summed E-state index contributed by atoms with van der Waals surface area (Å²) < 4.78 is -0.543. The van der Waals surface area contributed by atoms with Crippen LogP contribution in [0, 0.1) is 11.8 Å². The number of benzene rings is 1. The summed E-state index contributed by atoms with van der Waals surface area (Å²) in [6, 6.07) is 9.12. The first-order chi connectivity index (χ1) is 14.5. The van der Waals surface area contributed by atoms with Crippen LogP contribution in [0.3, 0.4) is 0 Å². The second-order valence-corrected chi connectivity index (χ2v) is 9.94. The van der Waals surface area contributed by atoms with Gasteiger partial charge in [-0.1, -0.05) is 30.3 Å². The Kier molecular flexibility index (Phi) is 6.06. The van der Waals surface area contributed by atoms with Gasteiger partial charge in [0.25, 0.3) is 0 Å². The van der Waals surface area contributed by atoms with Crippen molar-refractivity contribution in [1.29, 1.82) is 0 Å². The van der Waals surface area contributed by atoms with E-state index in [1.54, 1.807) is 23.7 Å². The molecule has 7 nitrogen and oxygen atoms in total. The predicted octanol–water partition coefficient (Wildman–Crippen LogP) is 0.913. The summed E-state index contributed by atoms with van der Waals surface area (Å²) in [5.41, 5.74) is 1.00. The molecule has 3 N–H and O–H groups in total. The summed E-state index contributed by atoms with van der Waals surface area (Å²) in [5, 5.41) is 15.0. The zero-order chi connectivity index (χ0) is 21.3. The van der Waals surface area contributed by atoms with E-state index >= 15 is 0 Å². The van der Waals surface area contributed by atoms with E-state index in [0.717, 1.165) is 18.4 Å². The van der Waals surface area contributed by atoms with Crippen molar-refractivity contribution in [3.8, 4) is 0 Å². The van der Waals surface area contributed by atoms with E-state index in [-0.39, 0.29) is 35.5 Å². The molecule has 8 heteroatoms. The van der Waals surface area contributed by atoms with Crippen molar-refractivity contribution >= 4 is 29.5 Å². The van der Waals surface area contributed by atoms with E-state index in [1.165, 1.54) is 0 Å². The Morgan fingerprint density at radius 1 is 1.23 bits per heavy atom. The number of hydrogen-bond acceptors (Lipinski definition) is 5. The number of thioether (sulfide) groups is 1. The molecule has 1 spiro atoms. The maximum atomic E-state index is 13.5. The summed E-state index contributed by atoms with van der Waals surface area (Å²) in [5.74, 6) is -1.18. The first kappa shape index (κ1) is 21.2. The lowest BCUT2D eigenvalue weighted by molar-refractivity contribution is -0.140. The van der Waals surface area contributed by atoms with Crippen molar-refractivity contribution in [2.45, 2.75) is 48.3 Å². The highest BCUT2D eigenvalue weighted by Gasteiger charge is 2.73. The molecule has 0 radical (unpaired) electrons. The molecule has 0 aromatic heterocycles. The molecule has 0 saturated carbocycles. The third-order valence-electron chi connectivity index (χ3n) is 6.71. The van der Waals surface area contributed by atoms with Crippen molar-refractivity contribution in [2.75, 3.05) is 20.2 Å². The lowest BCUT2D eigenvalue weighted by Crippen LogP contribution is -2.53. The minimum absolute atomic E-state index is 0.0547. The van der Waals surface area contributed by atoms with Gasteiger partial charge in [-0.05, 0) is 31.2 Å². The van der Waals surface area contributed by atoms with Crippen LogP contribution in [-0.2, 0) is 20.9 Å². The molecule has 5 atom stereocenters. The van der Waals surface area contributed by atoms with E-state index < -0.39 is 16.7 Å². The van der Waals surface area contributed by atoms with Gasteiger partial charge in [0.1, 0.15) is 6.04 Å². The van der Waals surface area contributed by atoms with Gasteiger partial charge in [-0.25, -0.2) is 0 Å². The SMILES string of the molecule is CNC(=O)[C@@H]1[C@H]2C(=O)N(CCCCO)C(C(=O)NCc3ccccc3)C23CC[C@H]1S3. The second-order valence-electron chi connectivity index (χ2n) is 8.34. The van der Waals surface area contributed by atoms with Crippen molar-refractivity contribution < 1.29 is 19.5 Å². The number of nitrogens with one attached hydrogen (secondary N) is 2. The Hall–Kier alpha value is -2.06. The van der Waals surface area contributed by atoms with E-state index in [1.807, 2.05) is 30.3 Å². The molecular formula is C22H29N3O4S. The first-order valence-corrected chi connectivity index (χ1v) is 11.5. The van der Waals surface area contributed by atoms with Crippen LogP contribution >= 0.6 is 11.8 Å². The minimum atomic E-state index is -0.581. The van der Waals surface area contributed by atoms with Crippen LogP contribution in [0.25, 0.3) is 0 Å². The van der Waals surface area contributed by atoms with Crippen LogP contribution in [0.1, 0.15) is 31.2 Å². The normalized spacial score (nSPS) is 31.7. The van der Waals surface area contributed by atoms with Crippen LogP contribution < -0.4 is 10.6 Å². The summed E-state index contributed by atoms with van der Waals surface area (Å²) in [4.78, 5) is 41.2. The summed E-state index contributed by atoms with van der Waals surface area (Å²) >= 11 is 1.67. The fraction of sp³-hybridized carbons (Fsp3) is 0.591. The number of carbonyl (C=O) groups is 3. The summed E-state index contributed by atoms with van der Waals surface area (Å²) in [7, 11) is 1.61. The van der Waals surface area contributed by atoms with Gasteiger partial charge in [0, 0.05) is 32.0 Å². The number of carbonyl (C=O) groups excluding carboxylic acids is 3. The van der Waals surface area contributed by atoms with Gasteiger partial charge in [0.2, 0.25) is 17.7 Å². The zero-order valence-electron chi connectivity index (χ0n) is 17.2. The number of hydrogen-bond donors (Lipinski definition) is 3.